The van der Waals surface area contributed by atoms with Gasteiger partial charge >= 0.3 is 0 Å². The Hall–Kier alpha value is -4.10. The fraction of sp³-hybridized carbons (Fsp3) is 0.0769. The van der Waals surface area contributed by atoms with Crippen molar-refractivity contribution in [1.82, 2.24) is 4.98 Å². The van der Waals surface area contributed by atoms with E-state index in [0.717, 1.165) is 22.3 Å². The van der Waals surface area contributed by atoms with Crippen LogP contribution in [0.4, 0.5) is 0 Å². The minimum atomic E-state index is 0.444. The predicted octanol–water partition coefficient (Wildman–Crippen LogP) is 5.78. The number of hydrogen-bond donors (Lipinski definition) is 0. The second-order valence-corrected chi connectivity index (χ2v) is 6.79. The van der Waals surface area contributed by atoms with E-state index in [2.05, 4.69) is 11.1 Å². The molecule has 4 nitrogen and oxygen atoms in total. The maximum absolute atomic E-state index is 9.40. The lowest BCUT2D eigenvalue weighted by Gasteiger charge is -2.10. The van der Waals surface area contributed by atoms with E-state index in [1.807, 2.05) is 84.9 Å². The summed E-state index contributed by atoms with van der Waals surface area (Å²) >= 11 is 0. The van der Waals surface area contributed by atoms with Crippen LogP contribution in [-0.2, 0) is 13.2 Å². The van der Waals surface area contributed by atoms with Gasteiger partial charge < -0.3 is 9.47 Å². The highest BCUT2D eigenvalue weighted by Gasteiger charge is 2.06. The zero-order valence-electron chi connectivity index (χ0n) is 16.4. The van der Waals surface area contributed by atoms with Gasteiger partial charge in [-0.2, -0.15) is 5.26 Å². The van der Waals surface area contributed by atoms with Gasteiger partial charge in [-0.05, 0) is 41.0 Å². The van der Waals surface area contributed by atoms with Crippen LogP contribution in [0.2, 0.25) is 0 Å². The van der Waals surface area contributed by atoms with Gasteiger partial charge in [-0.25, -0.2) is 4.98 Å². The third kappa shape index (κ3) is 5.03. The van der Waals surface area contributed by atoms with E-state index in [0.29, 0.717) is 30.4 Å². The molecule has 0 saturated carbocycles. The molecule has 4 aromatic rings. The molecule has 0 bridgehead atoms. The van der Waals surface area contributed by atoms with Crippen molar-refractivity contribution in [2.75, 3.05) is 0 Å². The fourth-order valence-corrected chi connectivity index (χ4v) is 3.02. The quantitative estimate of drug-likeness (QED) is 0.400. The minimum absolute atomic E-state index is 0.444. The molecule has 4 heteroatoms. The molecular formula is C26H20N2O2. The number of nitriles is 1. The smallest absolute Gasteiger partial charge is 0.213 e. The first-order valence-corrected chi connectivity index (χ1v) is 9.65. The summed E-state index contributed by atoms with van der Waals surface area (Å²) in [5, 5.41) is 9.40. The van der Waals surface area contributed by atoms with Gasteiger partial charge in [0.05, 0.1) is 11.6 Å². The Morgan fingerprint density at radius 2 is 1.37 bits per heavy atom. The summed E-state index contributed by atoms with van der Waals surface area (Å²) < 4.78 is 11.7. The number of aromatic nitrogens is 1. The number of nitrogens with zero attached hydrogens (tertiary/aromatic N) is 2. The molecule has 1 aromatic heterocycles. The molecule has 0 N–H and O–H groups in total. The van der Waals surface area contributed by atoms with Crippen LogP contribution in [0.5, 0.6) is 11.6 Å². The summed E-state index contributed by atoms with van der Waals surface area (Å²) in [6.07, 6.45) is 1.75. The van der Waals surface area contributed by atoms with E-state index in [9.17, 15) is 5.26 Å². The van der Waals surface area contributed by atoms with Crippen LogP contribution in [0.1, 0.15) is 16.7 Å². The number of rotatable bonds is 7. The largest absolute Gasteiger partial charge is 0.489 e. The fourth-order valence-electron chi connectivity index (χ4n) is 3.02. The van der Waals surface area contributed by atoms with Crippen LogP contribution in [0, 0.1) is 11.3 Å². The Labute approximate surface area is 176 Å². The second-order valence-electron chi connectivity index (χ2n) is 6.79. The van der Waals surface area contributed by atoms with Crippen molar-refractivity contribution < 1.29 is 9.47 Å². The van der Waals surface area contributed by atoms with Crippen molar-refractivity contribution in [3.8, 4) is 28.8 Å². The molecule has 0 aliphatic carbocycles. The second kappa shape index (κ2) is 9.40. The zero-order chi connectivity index (χ0) is 20.6. The lowest BCUT2D eigenvalue weighted by atomic mass is 10.0. The molecule has 0 atom stereocenters. The van der Waals surface area contributed by atoms with Crippen molar-refractivity contribution in [3.05, 3.63) is 114 Å². The van der Waals surface area contributed by atoms with Crippen molar-refractivity contribution in [1.29, 1.82) is 5.26 Å². The van der Waals surface area contributed by atoms with E-state index in [1.165, 1.54) is 0 Å². The predicted molar refractivity (Wildman–Crippen MR) is 116 cm³/mol. The zero-order valence-corrected chi connectivity index (χ0v) is 16.4. The molecule has 0 radical (unpaired) electrons. The van der Waals surface area contributed by atoms with Gasteiger partial charge in [-0.1, -0.05) is 60.7 Å². The minimum Gasteiger partial charge on any atom is -0.489 e. The van der Waals surface area contributed by atoms with Crippen molar-refractivity contribution >= 4 is 0 Å². The normalized spacial score (nSPS) is 10.2. The van der Waals surface area contributed by atoms with E-state index >= 15 is 0 Å². The summed E-state index contributed by atoms with van der Waals surface area (Å²) in [5.41, 5.74) is 4.47. The van der Waals surface area contributed by atoms with Crippen LogP contribution in [0.3, 0.4) is 0 Å². The van der Waals surface area contributed by atoms with E-state index in [4.69, 9.17) is 9.47 Å². The first kappa shape index (κ1) is 19.2. The van der Waals surface area contributed by atoms with Crippen LogP contribution >= 0.6 is 0 Å². The number of benzene rings is 3. The lowest BCUT2D eigenvalue weighted by Crippen LogP contribution is -1.97. The van der Waals surface area contributed by atoms with Crippen molar-refractivity contribution in [2.45, 2.75) is 13.2 Å². The molecule has 0 saturated heterocycles. The van der Waals surface area contributed by atoms with Gasteiger partial charge in [-0.15, -0.1) is 0 Å². The molecular weight excluding hydrogens is 372 g/mol. The topological polar surface area (TPSA) is 55.1 Å². The van der Waals surface area contributed by atoms with Crippen molar-refractivity contribution in [2.24, 2.45) is 0 Å². The lowest BCUT2D eigenvalue weighted by molar-refractivity contribution is 0.294. The highest BCUT2D eigenvalue weighted by molar-refractivity contribution is 5.67. The average molecular weight is 392 g/mol. The average Bonchev–Trinajstić information content (AvgIpc) is 2.83. The maximum atomic E-state index is 9.40. The van der Waals surface area contributed by atoms with Crippen LogP contribution in [-0.4, -0.2) is 4.98 Å². The summed E-state index contributed by atoms with van der Waals surface area (Å²) in [5.74, 6) is 1.21. The standard InChI is InChI=1S/C26H20N2O2/c27-16-22-13-24(15-25(14-22)29-18-20-7-3-1-4-8-20)23-11-12-26(28-17-23)30-19-21-9-5-2-6-10-21/h1-15,17H,18-19H2. The molecule has 146 valence electrons. The molecule has 0 aliphatic rings. The van der Waals surface area contributed by atoms with Gasteiger partial charge in [0, 0.05) is 17.8 Å². The number of hydrogen-bond acceptors (Lipinski definition) is 4. The SMILES string of the molecule is N#Cc1cc(OCc2ccccc2)cc(-c2ccc(OCc3ccccc3)nc2)c1. The first-order chi connectivity index (χ1) is 14.8. The summed E-state index contributed by atoms with van der Waals surface area (Å²) in [4.78, 5) is 4.40. The Morgan fingerprint density at radius 3 is 1.97 bits per heavy atom. The third-order valence-corrected chi connectivity index (χ3v) is 4.58. The highest BCUT2D eigenvalue weighted by atomic mass is 16.5. The van der Waals surface area contributed by atoms with Crippen LogP contribution in [0.25, 0.3) is 11.1 Å². The molecule has 0 spiro atoms. The monoisotopic (exact) mass is 392 g/mol. The molecule has 4 rings (SSSR count). The van der Waals surface area contributed by atoms with E-state index in [-0.39, 0.29) is 0 Å². The molecule has 0 aliphatic heterocycles. The van der Waals surface area contributed by atoms with Crippen molar-refractivity contribution in [3.63, 3.8) is 0 Å². The van der Waals surface area contributed by atoms with Crippen LogP contribution in [0.15, 0.2) is 97.2 Å². The van der Waals surface area contributed by atoms with Gasteiger partial charge in [0.15, 0.2) is 0 Å². The third-order valence-electron chi connectivity index (χ3n) is 4.58. The molecule has 3 aromatic carbocycles. The molecule has 1 heterocycles. The van der Waals surface area contributed by atoms with Gasteiger partial charge in [0.2, 0.25) is 5.88 Å². The Balaban J connectivity index is 1.47. The Bertz CT molecular complexity index is 1140. The number of pyridine rings is 1. The number of ether oxygens (including phenoxy) is 2. The van der Waals surface area contributed by atoms with Gasteiger partial charge in [0.1, 0.15) is 19.0 Å². The Morgan fingerprint density at radius 1 is 0.700 bits per heavy atom. The first-order valence-electron chi connectivity index (χ1n) is 9.65. The van der Waals surface area contributed by atoms with Crippen LogP contribution < -0.4 is 9.47 Å². The van der Waals surface area contributed by atoms with E-state index in [1.54, 1.807) is 12.3 Å². The highest BCUT2D eigenvalue weighted by Crippen LogP contribution is 2.27. The molecule has 0 unspecified atom stereocenters. The van der Waals surface area contributed by atoms with E-state index < -0.39 is 0 Å². The molecule has 0 amide bonds. The summed E-state index contributed by atoms with van der Waals surface area (Å²) in [6, 6.07) is 31.4. The van der Waals surface area contributed by atoms with Gasteiger partial charge in [-0.3, -0.25) is 0 Å². The maximum Gasteiger partial charge on any atom is 0.213 e. The Kier molecular flexibility index (Phi) is 6.02. The molecule has 0 fully saturated rings. The molecule has 30 heavy (non-hydrogen) atoms. The summed E-state index contributed by atoms with van der Waals surface area (Å²) in [7, 11) is 0. The summed E-state index contributed by atoms with van der Waals surface area (Å²) in [6.45, 7) is 0.911. The van der Waals surface area contributed by atoms with Gasteiger partial charge in [0.25, 0.3) is 0 Å².